The van der Waals surface area contributed by atoms with Crippen molar-refractivity contribution in [2.75, 3.05) is 6.54 Å². The van der Waals surface area contributed by atoms with Gasteiger partial charge in [0.25, 0.3) is 5.91 Å². The summed E-state index contributed by atoms with van der Waals surface area (Å²) in [5.41, 5.74) is 3.05. The summed E-state index contributed by atoms with van der Waals surface area (Å²) in [5, 5.41) is 11.8. The van der Waals surface area contributed by atoms with E-state index < -0.39 is 0 Å². The second-order valence-electron chi connectivity index (χ2n) is 5.17. The maximum atomic E-state index is 12.0. The maximum absolute atomic E-state index is 12.0. The first-order chi connectivity index (χ1) is 10.6. The number of aryl methyl sites for hydroxylation is 3. The molecule has 3 aromatic heterocycles. The smallest absolute Gasteiger partial charge is 0.261 e. The zero-order chi connectivity index (χ0) is 15.7. The number of carbonyl (C=O) groups is 1. The average Bonchev–Trinajstić information content (AvgIpc) is 3.17. The lowest BCUT2D eigenvalue weighted by Crippen LogP contribution is -2.26. The van der Waals surface area contributed by atoms with Crippen molar-refractivity contribution in [3.8, 4) is 0 Å². The second-order valence-corrected chi connectivity index (χ2v) is 6.46. The van der Waals surface area contributed by atoms with E-state index in [0.717, 1.165) is 33.0 Å². The van der Waals surface area contributed by atoms with Crippen LogP contribution in [0.5, 0.6) is 0 Å². The van der Waals surface area contributed by atoms with Crippen LogP contribution in [0.3, 0.4) is 0 Å². The van der Waals surface area contributed by atoms with E-state index in [0.29, 0.717) is 13.1 Å². The highest BCUT2D eigenvalue weighted by molar-refractivity contribution is 7.13. The van der Waals surface area contributed by atoms with Crippen molar-refractivity contribution in [1.82, 2.24) is 24.9 Å². The molecule has 0 saturated carbocycles. The van der Waals surface area contributed by atoms with Gasteiger partial charge < -0.3 is 5.32 Å². The van der Waals surface area contributed by atoms with Crippen LogP contribution in [0.1, 0.15) is 27.2 Å². The summed E-state index contributed by atoms with van der Waals surface area (Å²) in [7, 11) is 0. The third kappa shape index (κ3) is 2.64. The fourth-order valence-corrected chi connectivity index (χ4v) is 3.33. The SMILES string of the molecule is CCn1nc(C)c2c1cnn2CCNC(=O)c1ccc(C)s1. The number of hydrogen-bond donors (Lipinski definition) is 1. The van der Waals surface area contributed by atoms with E-state index in [1.165, 1.54) is 11.3 Å². The number of amides is 1. The van der Waals surface area contributed by atoms with E-state index in [1.54, 1.807) is 0 Å². The predicted octanol–water partition coefficient (Wildman–Crippen LogP) is 2.36. The molecule has 0 radical (unpaired) electrons. The number of nitrogens with zero attached hydrogens (tertiary/aromatic N) is 4. The quantitative estimate of drug-likeness (QED) is 0.785. The standard InChI is InChI=1S/C15H19N5OS/c1-4-19-12-9-17-20(14(12)11(3)18-19)8-7-16-15(21)13-6-5-10(2)22-13/h5-6,9H,4,7-8H2,1-3H3,(H,16,21). The van der Waals surface area contributed by atoms with Crippen LogP contribution < -0.4 is 5.32 Å². The van der Waals surface area contributed by atoms with Crippen molar-refractivity contribution in [3.05, 3.63) is 33.8 Å². The van der Waals surface area contributed by atoms with E-state index >= 15 is 0 Å². The number of thiophene rings is 1. The highest BCUT2D eigenvalue weighted by Crippen LogP contribution is 2.17. The highest BCUT2D eigenvalue weighted by Gasteiger charge is 2.13. The van der Waals surface area contributed by atoms with Crippen molar-refractivity contribution >= 4 is 28.3 Å². The van der Waals surface area contributed by atoms with Crippen LogP contribution in [-0.2, 0) is 13.1 Å². The zero-order valence-corrected chi connectivity index (χ0v) is 13.8. The maximum Gasteiger partial charge on any atom is 0.261 e. The van der Waals surface area contributed by atoms with Crippen LogP contribution in [-0.4, -0.2) is 32.0 Å². The number of hydrogen-bond acceptors (Lipinski definition) is 4. The van der Waals surface area contributed by atoms with Gasteiger partial charge in [0.2, 0.25) is 0 Å². The van der Waals surface area contributed by atoms with E-state index in [1.807, 2.05) is 41.5 Å². The van der Waals surface area contributed by atoms with Crippen LogP contribution in [0.25, 0.3) is 11.0 Å². The molecule has 0 aliphatic carbocycles. The minimum atomic E-state index is -0.0255. The van der Waals surface area contributed by atoms with Gasteiger partial charge in [-0.05, 0) is 32.9 Å². The van der Waals surface area contributed by atoms with E-state index in [4.69, 9.17) is 0 Å². The topological polar surface area (TPSA) is 64.7 Å². The summed E-state index contributed by atoms with van der Waals surface area (Å²) in [4.78, 5) is 13.9. The first kappa shape index (κ1) is 14.8. The first-order valence-corrected chi connectivity index (χ1v) is 8.15. The van der Waals surface area contributed by atoms with Gasteiger partial charge in [0.05, 0.1) is 23.3 Å². The van der Waals surface area contributed by atoms with E-state index in [2.05, 4.69) is 22.4 Å². The number of fused-ring (bicyclic) bond motifs is 1. The van der Waals surface area contributed by atoms with Gasteiger partial charge >= 0.3 is 0 Å². The van der Waals surface area contributed by atoms with Crippen molar-refractivity contribution in [2.24, 2.45) is 0 Å². The Kier molecular flexibility index (Phi) is 3.98. The molecule has 3 aromatic rings. The zero-order valence-electron chi connectivity index (χ0n) is 13.0. The van der Waals surface area contributed by atoms with Gasteiger partial charge in [0.15, 0.2) is 0 Å². The van der Waals surface area contributed by atoms with Crippen molar-refractivity contribution in [3.63, 3.8) is 0 Å². The monoisotopic (exact) mass is 317 g/mol. The van der Waals surface area contributed by atoms with Crippen LogP contribution in [0, 0.1) is 13.8 Å². The van der Waals surface area contributed by atoms with Crippen molar-refractivity contribution in [2.45, 2.75) is 33.9 Å². The molecule has 0 spiro atoms. The number of carbonyl (C=O) groups excluding carboxylic acids is 1. The summed E-state index contributed by atoms with van der Waals surface area (Å²) in [6.07, 6.45) is 1.84. The molecule has 0 aromatic carbocycles. The Bertz CT molecular complexity index is 813. The minimum absolute atomic E-state index is 0.0255. The third-order valence-electron chi connectivity index (χ3n) is 3.58. The molecule has 0 saturated heterocycles. The lowest BCUT2D eigenvalue weighted by atomic mass is 10.4. The molecular weight excluding hydrogens is 298 g/mol. The second kappa shape index (κ2) is 5.92. The Morgan fingerprint density at radius 3 is 2.82 bits per heavy atom. The Labute approximate surface area is 132 Å². The van der Waals surface area contributed by atoms with Gasteiger partial charge in [-0.1, -0.05) is 0 Å². The molecule has 116 valence electrons. The van der Waals surface area contributed by atoms with Crippen LogP contribution in [0.15, 0.2) is 18.3 Å². The van der Waals surface area contributed by atoms with Crippen molar-refractivity contribution in [1.29, 1.82) is 0 Å². The summed E-state index contributed by atoms with van der Waals surface area (Å²) in [6.45, 7) is 8.05. The highest BCUT2D eigenvalue weighted by atomic mass is 32.1. The summed E-state index contributed by atoms with van der Waals surface area (Å²) in [6, 6.07) is 3.82. The van der Waals surface area contributed by atoms with Gasteiger partial charge in [0.1, 0.15) is 11.0 Å². The Hall–Kier alpha value is -2.15. The Morgan fingerprint density at radius 1 is 1.32 bits per heavy atom. The molecule has 0 aliphatic heterocycles. The minimum Gasteiger partial charge on any atom is -0.349 e. The number of aromatic nitrogens is 4. The molecule has 3 rings (SSSR count). The molecule has 0 bridgehead atoms. The van der Waals surface area contributed by atoms with Gasteiger partial charge in [-0.3, -0.25) is 14.2 Å². The number of nitrogens with one attached hydrogen (secondary N) is 1. The largest absolute Gasteiger partial charge is 0.349 e. The molecule has 1 amide bonds. The van der Waals surface area contributed by atoms with E-state index in [9.17, 15) is 4.79 Å². The molecule has 1 N–H and O–H groups in total. The van der Waals surface area contributed by atoms with Gasteiger partial charge in [-0.2, -0.15) is 10.2 Å². The summed E-state index contributed by atoms with van der Waals surface area (Å²) < 4.78 is 3.85. The van der Waals surface area contributed by atoms with Gasteiger partial charge in [-0.25, -0.2) is 0 Å². The molecule has 6 nitrogen and oxygen atoms in total. The fourth-order valence-electron chi connectivity index (χ4n) is 2.55. The third-order valence-corrected chi connectivity index (χ3v) is 4.58. The molecule has 0 atom stereocenters. The molecular formula is C15H19N5OS. The summed E-state index contributed by atoms with van der Waals surface area (Å²) >= 11 is 1.51. The van der Waals surface area contributed by atoms with Gasteiger partial charge in [-0.15, -0.1) is 11.3 Å². The van der Waals surface area contributed by atoms with Gasteiger partial charge in [0, 0.05) is 18.0 Å². The molecule has 0 fully saturated rings. The Morgan fingerprint density at radius 2 is 2.14 bits per heavy atom. The lowest BCUT2D eigenvalue weighted by molar-refractivity contribution is 0.0956. The van der Waals surface area contributed by atoms with Crippen LogP contribution in [0.2, 0.25) is 0 Å². The van der Waals surface area contributed by atoms with Crippen LogP contribution >= 0.6 is 11.3 Å². The Balaban J connectivity index is 1.67. The number of rotatable bonds is 5. The molecule has 22 heavy (non-hydrogen) atoms. The molecule has 3 heterocycles. The van der Waals surface area contributed by atoms with Crippen LogP contribution in [0.4, 0.5) is 0 Å². The first-order valence-electron chi connectivity index (χ1n) is 7.33. The predicted molar refractivity (Wildman–Crippen MR) is 87.3 cm³/mol. The molecule has 7 heteroatoms. The molecule has 0 unspecified atom stereocenters. The van der Waals surface area contributed by atoms with E-state index in [-0.39, 0.29) is 5.91 Å². The van der Waals surface area contributed by atoms with Crippen molar-refractivity contribution < 1.29 is 4.79 Å². The summed E-state index contributed by atoms with van der Waals surface area (Å²) in [5.74, 6) is -0.0255. The lowest BCUT2D eigenvalue weighted by Gasteiger charge is -2.05. The average molecular weight is 317 g/mol. The fraction of sp³-hybridized carbons (Fsp3) is 0.400. The molecule has 0 aliphatic rings. The normalized spacial score (nSPS) is 11.2.